The van der Waals surface area contributed by atoms with Crippen LogP contribution in [0, 0.1) is 6.10 Å². The number of ether oxygens (including phenoxy) is 1. The molecule has 0 heterocycles. The van der Waals surface area contributed by atoms with Crippen LogP contribution in [-0.4, -0.2) is 7.11 Å². The highest BCUT2D eigenvalue weighted by Gasteiger charge is 2.05. The van der Waals surface area contributed by atoms with E-state index in [1.165, 1.54) is 31.8 Å². The molecule has 0 N–H and O–H groups in total. The predicted molar refractivity (Wildman–Crippen MR) is 49.3 cm³/mol. The van der Waals surface area contributed by atoms with Crippen molar-refractivity contribution in [3.63, 3.8) is 0 Å². The highest BCUT2D eigenvalue weighted by molar-refractivity contribution is 4.76. The Morgan fingerprint density at radius 2 is 1.45 bits per heavy atom. The van der Waals surface area contributed by atoms with E-state index in [0.29, 0.717) is 0 Å². The third-order valence-electron chi connectivity index (χ3n) is 1.91. The molecule has 0 fully saturated rings. The first-order valence-corrected chi connectivity index (χ1v) is 4.73. The molecule has 0 rings (SSSR count). The second-order valence-electron chi connectivity index (χ2n) is 2.95. The summed E-state index contributed by atoms with van der Waals surface area (Å²) in [4.78, 5) is 0. The van der Waals surface area contributed by atoms with Crippen LogP contribution in [0.1, 0.15) is 52.4 Å². The van der Waals surface area contributed by atoms with Gasteiger partial charge < -0.3 is 4.74 Å². The average Bonchev–Trinajstić information content (AvgIpc) is 2.05. The molecular formula is C10H21O. The van der Waals surface area contributed by atoms with Crippen LogP contribution in [0.25, 0.3) is 0 Å². The highest BCUT2D eigenvalue weighted by Crippen LogP contribution is 2.18. The fourth-order valence-electron chi connectivity index (χ4n) is 1.08. The van der Waals surface area contributed by atoms with Gasteiger partial charge in [0, 0.05) is 7.11 Å². The van der Waals surface area contributed by atoms with Gasteiger partial charge in [-0.15, -0.1) is 0 Å². The molecule has 1 nitrogen and oxygen atoms in total. The molecular weight excluding hydrogens is 136 g/mol. The van der Waals surface area contributed by atoms with Crippen LogP contribution in [0.4, 0.5) is 0 Å². The fraction of sp³-hybridized carbons (Fsp3) is 0.900. The summed E-state index contributed by atoms with van der Waals surface area (Å²) in [6.07, 6.45) is 8.67. The van der Waals surface area contributed by atoms with E-state index in [-0.39, 0.29) is 0 Å². The lowest BCUT2D eigenvalue weighted by molar-refractivity contribution is 0.180. The van der Waals surface area contributed by atoms with E-state index in [2.05, 4.69) is 13.8 Å². The standard InChI is InChI=1S/C10H21O/c1-4-6-8-10(11-3)9-7-5-2/h4-9H2,1-3H3. The van der Waals surface area contributed by atoms with Gasteiger partial charge in [0.15, 0.2) is 0 Å². The third-order valence-corrected chi connectivity index (χ3v) is 1.91. The van der Waals surface area contributed by atoms with Crippen molar-refractivity contribution in [2.24, 2.45) is 0 Å². The Labute approximate surface area is 71.1 Å². The second-order valence-corrected chi connectivity index (χ2v) is 2.95. The lowest BCUT2D eigenvalue weighted by Crippen LogP contribution is -1.99. The Morgan fingerprint density at radius 1 is 1.00 bits per heavy atom. The Hall–Kier alpha value is -0.0400. The molecule has 0 bridgehead atoms. The molecule has 0 aromatic heterocycles. The Bertz CT molecular complexity index is 63.3. The second kappa shape index (κ2) is 8.06. The summed E-state index contributed by atoms with van der Waals surface area (Å²) < 4.78 is 5.27. The largest absolute Gasteiger partial charge is 0.375 e. The number of hydrogen-bond donors (Lipinski definition) is 0. The topological polar surface area (TPSA) is 9.23 Å². The SMILES string of the molecule is CCCC[C](CCCC)OC. The molecule has 0 saturated carbocycles. The van der Waals surface area contributed by atoms with Crippen LogP contribution in [0.3, 0.4) is 0 Å². The van der Waals surface area contributed by atoms with Crippen LogP contribution in [0.15, 0.2) is 0 Å². The summed E-state index contributed by atoms with van der Waals surface area (Å²) in [6, 6.07) is 0. The number of hydrogen-bond acceptors (Lipinski definition) is 1. The number of methoxy groups -OCH3 is 1. The zero-order chi connectivity index (χ0) is 8.53. The van der Waals surface area contributed by atoms with Crippen molar-refractivity contribution in [1.82, 2.24) is 0 Å². The van der Waals surface area contributed by atoms with E-state index in [0.717, 1.165) is 12.8 Å². The first kappa shape index (κ1) is 11.0. The summed E-state index contributed by atoms with van der Waals surface area (Å²) in [7, 11) is 1.79. The van der Waals surface area contributed by atoms with Gasteiger partial charge in [0.1, 0.15) is 0 Å². The predicted octanol–water partition coefficient (Wildman–Crippen LogP) is 3.55. The Kier molecular flexibility index (Phi) is 8.03. The van der Waals surface area contributed by atoms with Crippen molar-refractivity contribution in [1.29, 1.82) is 0 Å². The van der Waals surface area contributed by atoms with E-state index in [4.69, 9.17) is 4.74 Å². The normalized spacial score (nSPS) is 10.9. The maximum Gasteiger partial charge on any atom is 0.0966 e. The van der Waals surface area contributed by atoms with Crippen molar-refractivity contribution in [2.45, 2.75) is 52.4 Å². The molecule has 0 spiro atoms. The van der Waals surface area contributed by atoms with Gasteiger partial charge in [-0.25, -0.2) is 0 Å². The Balaban J connectivity index is 3.25. The first-order chi connectivity index (χ1) is 5.35. The van der Waals surface area contributed by atoms with Gasteiger partial charge in [0.2, 0.25) is 0 Å². The van der Waals surface area contributed by atoms with Crippen molar-refractivity contribution in [2.75, 3.05) is 7.11 Å². The molecule has 67 valence electrons. The van der Waals surface area contributed by atoms with Crippen LogP contribution in [-0.2, 0) is 4.74 Å². The quantitative estimate of drug-likeness (QED) is 0.549. The van der Waals surface area contributed by atoms with E-state index < -0.39 is 0 Å². The van der Waals surface area contributed by atoms with Crippen LogP contribution >= 0.6 is 0 Å². The smallest absolute Gasteiger partial charge is 0.0966 e. The van der Waals surface area contributed by atoms with Crippen LogP contribution < -0.4 is 0 Å². The fourth-order valence-corrected chi connectivity index (χ4v) is 1.08. The van der Waals surface area contributed by atoms with Gasteiger partial charge in [-0.2, -0.15) is 0 Å². The van der Waals surface area contributed by atoms with E-state index in [9.17, 15) is 0 Å². The lowest BCUT2D eigenvalue weighted by atomic mass is 10.1. The maximum atomic E-state index is 5.27. The highest BCUT2D eigenvalue weighted by atomic mass is 16.5. The minimum Gasteiger partial charge on any atom is -0.375 e. The van der Waals surface area contributed by atoms with E-state index in [1.54, 1.807) is 7.11 Å². The molecule has 0 atom stereocenters. The zero-order valence-corrected chi connectivity index (χ0v) is 8.15. The third kappa shape index (κ3) is 6.36. The minimum atomic E-state index is 1.16. The van der Waals surface area contributed by atoms with Gasteiger partial charge in [0.25, 0.3) is 0 Å². The molecule has 0 aliphatic heterocycles. The molecule has 0 aromatic carbocycles. The molecule has 0 saturated heterocycles. The molecule has 1 heteroatoms. The van der Waals surface area contributed by atoms with Gasteiger partial charge in [-0.05, 0) is 12.8 Å². The molecule has 0 aromatic rings. The monoisotopic (exact) mass is 157 g/mol. The van der Waals surface area contributed by atoms with Crippen LogP contribution in [0.2, 0.25) is 0 Å². The van der Waals surface area contributed by atoms with Gasteiger partial charge in [-0.1, -0.05) is 39.5 Å². The molecule has 11 heavy (non-hydrogen) atoms. The molecule has 0 unspecified atom stereocenters. The molecule has 0 aliphatic carbocycles. The Morgan fingerprint density at radius 3 is 1.73 bits per heavy atom. The number of unbranched alkanes of at least 4 members (excludes halogenated alkanes) is 2. The van der Waals surface area contributed by atoms with Crippen LogP contribution in [0.5, 0.6) is 0 Å². The molecule has 0 amide bonds. The lowest BCUT2D eigenvalue weighted by Gasteiger charge is -2.12. The van der Waals surface area contributed by atoms with E-state index >= 15 is 0 Å². The summed E-state index contributed by atoms with van der Waals surface area (Å²) in [5, 5.41) is 0. The first-order valence-electron chi connectivity index (χ1n) is 4.73. The van der Waals surface area contributed by atoms with Gasteiger partial charge in [-0.3, -0.25) is 0 Å². The number of rotatable bonds is 7. The molecule has 1 radical (unpaired) electrons. The van der Waals surface area contributed by atoms with Gasteiger partial charge in [0.05, 0.1) is 6.10 Å². The molecule has 0 aliphatic rings. The van der Waals surface area contributed by atoms with Crippen molar-refractivity contribution < 1.29 is 4.74 Å². The van der Waals surface area contributed by atoms with Gasteiger partial charge >= 0.3 is 0 Å². The summed E-state index contributed by atoms with van der Waals surface area (Å²) >= 11 is 0. The zero-order valence-electron chi connectivity index (χ0n) is 8.15. The van der Waals surface area contributed by atoms with E-state index in [1.807, 2.05) is 0 Å². The average molecular weight is 157 g/mol. The van der Waals surface area contributed by atoms with Crippen molar-refractivity contribution >= 4 is 0 Å². The summed E-state index contributed by atoms with van der Waals surface area (Å²) in [6.45, 7) is 4.43. The van der Waals surface area contributed by atoms with Crippen molar-refractivity contribution in [3.05, 3.63) is 6.10 Å². The summed E-state index contributed by atoms with van der Waals surface area (Å²) in [5.74, 6) is 0. The van der Waals surface area contributed by atoms with Crippen molar-refractivity contribution in [3.8, 4) is 0 Å². The minimum absolute atomic E-state index is 1.16. The summed E-state index contributed by atoms with van der Waals surface area (Å²) in [5.41, 5.74) is 0. The maximum absolute atomic E-state index is 5.27.